The first kappa shape index (κ1) is 17.0. The Balaban J connectivity index is 1.60. The minimum Gasteiger partial charge on any atom is -0.335 e. The Kier molecular flexibility index (Phi) is 4.15. The highest BCUT2D eigenvalue weighted by Crippen LogP contribution is 2.28. The SMILES string of the molecule is C[C@H]1C(=O)N2C[C@@H](N(C)C)C[C@H]2CN1C(=O)c1ccc2ccccc2n1. The Morgan fingerprint density at radius 2 is 1.92 bits per heavy atom. The van der Waals surface area contributed by atoms with Crippen LogP contribution in [0.2, 0.25) is 0 Å². The molecule has 2 aliphatic rings. The van der Waals surface area contributed by atoms with Gasteiger partial charge in [0.2, 0.25) is 5.91 Å². The molecule has 0 radical (unpaired) electrons. The lowest BCUT2D eigenvalue weighted by atomic mass is 10.1. The van der Waals surface area contributed by atoms with E-state index >= 15 is 0 Å². The number of amides is 2. The quantitative estimate of drug-likeness (QED) is 0.824. The van der Waals surface area contributed by atoms with Gasteiger partial charge >= 0.3 is 0 Å². The molecule has 2 aromatic rings. The molecule has 2 saturated heterocycles. The van der Waals surface area contributed by atoms with Gasteiger partial charge in [0.05, 0.1) is 11.6 Å². The maximum atomic E-state index is 13.1. The molecule has 0 N–H and O–H groups in total. The number of carbonyl (C=O) groups excluding carboxylic acids is 2. The van der Waals surface area contributed by atoms with Crippen molar-refractivity contribution < 1.29 is 9.59 Å². The van der Waals surface area contributed by atoms with E-state index in [0.29, 0.717) is 18.3 Å². The average Bonchev–Trinajstić information content (AvgIpc) is 3.08. The van der Waals surface area contributed by atoms with Crippen molar-refractivity contribution in [1.29, 1.82) is 0 Å². The Labute approximate surface area is 153 Å². The number of para-hydroxylation sites is 1. The van der Waals surface area contributed by atoms with E-state index in [1.165, 1.54) is 0 Å². The monoisotopic (exact) mass is 352 g/mol. The molecule has 2 amide bonds. The van der Waals surface area contributed by atoms with Crippen LogP contribution in [0, 0.1) is 0 Å². The molecule has 6 nitrogen and oxygen atoms in total. The van der Waals surface area contributed by atoms with Crippen LogP contribution in [0.5, 0.6) is 0 Å². The molecule has 26 heavy (non-hydrogen) atoms. The average molecular weight is 352 g/mol. The van der Waals surface area contributed by atoms with Crippen molar-refractivity contribution >= 4 is 22.7 Å². The second-order valence-corrected chi connectivity index (χ2v) is 7.52. The fourth-order valence-electron chi connectivity index (χ4n) is 4.06. The Morgan fingerprint density at radius 3 is 2.69 bits per heavy atom. The van der Waals surface area contributed by atoms with Gasteiger partial charge in [-0.25, -0.2) is 4.98 Å². The summed E-state index contributed by atoms with van der Waals surface area (Å²) < 4.78 is 0. The van der Waals surface area contributed by atoms with Gasteiger partial charge in [-0.2, -0.15) is 0 Å². The molecule has 1 aromatic carbocycles. The number of pyridine rings is 1. The first-order chi connectivity index (χ1) is 12.5. The predicted octanol–water partition coefficient (Wildman–Crippen LogP) is 1.61. The number of piperazine rings is 1. The molecule has 0 bridgehead atoms. The van der Waals surface area contributed by atoms with Crippen LogP contribution in [0.1, 0.15) is 23.8 Å². The van der Waals surface area contributed by atoms with Gasteiger partial charge in [-0.3, -0.25) is 9.59 Å². The zero-order valence-electron chi connectivity index (χ0n) is 15.4. The van der Waals surface area contributed by atoms with Crippen LogP contribution in [-0.4, -0.2) is 76.8 Å². The molecular weight excluding hydrogens is 328 g/mol. The fourth-order valence-corrected chi connectivity index (χ4v) is 4.06. The van der Waals surface area contributed by atoms with Crippen molar-refractivity contribution in [1.82, 2.24) is 19.7 Å². The summed E-state index contributed by atoms with van der Waals surface area (Å²) >= 11 is 0. The van der Waals surface area contributed by atoms with Gasteiger partial charge in [0, 0.05) is 24.5 Å². The fraction of sp³-hybridized carbons (Fsp3) is 0.450. The minimum absolute atomic E-state index is 0.0414. The highest BCUT2D eigenvalue weighted by molar-refractivity contribution is 5.98. The Bertz CT molecular complexity index is 866. The number of aromatic nitrogens is 1. The highest BCUT2D eigenvalue weighted by atomic mass is 16.2. The lowest BCUT2D eigenvalue weighted by molar-refractivity contribution is -0.141. The summed E-state index contributed by atoms with van der Waals surface area (Å²) in [4.78, 5) is 36.2. The smallest absolute Gasteiger partial charge is 0.273 e. The number of carbonyl (C=O) groups is 2. The number of hydrogen-bond donors (Lipinski definition) is 0. The van der Waals surface area contributed by atoms with Crippen LogP contribution in [0.25, 0.3) is 10.9 Å². The van der Waals surface area contributed by atoms with Crippen LogP contribution < -0.4 is 0 Å². The van der Waals surface area contributed by atoms with Gasteiger partial charge in [-0.05, 0) is 39.6 Å². The second-order valence-electron chi connectivity index (χ2n) is 7.52. The normalized spacial score (nSPS) is 25.8. The van der Waals surface area contributed by atoms with Crippen molar-refractivity contribution in [3.63, 3.8) is 0 Å². The van der Waals surface area contributed by atoms with Crippen LogP contribution >= 0.6 is 0 Å². The topological polar surface area (TPSA) is 56.8 Å². The van der Waals surface area contributed by atoms with Crippen molar-refractivity contribution in [2.24, 2.45) is 0 Å². The molecular formula is C20H24N4O2. The Hall–Kier alpha value is -2.47. The van der Waals surface area contributed by atoms with E-state index in [0.717, 1.165) is 23.9 Å². The van der Waals surface area contributed by atoms with Gasteiger partial charge < -0.3 is 14.7 Å². The van der Waals surface area contributed by atoms with E-state index in [1.807, 2.05) is 56.3 Å². The number of hydrogen-bond acceptors (Lipinski definition) is 4. The largest absolute Gasteiger partial charge is 0.335 e. The molecule has 4 rings (SSSR count). The number of benzene rings is 1. The molecule has 3 heterocycles. The molecule has 2 aliphatic heterocycles. The van der Waals surface area contributed by atoms with Crippen molar-refractivity contribution in [3.8, 4) is 0 Å². The number of fused-ring (bicyclic) bond motifs is 2. The second kappa shape index (κ2) is 6.36. The van der Waals surface area contributed by atoms with Crippen LogP contribution in [0.3, 0.4) is 0 Å². The Morgan fingerprint density at radius 1 is 1.15 bits per heavy atom. The first-order valence-corrected chi connectivity index (χ1v) is 9.09. The molecule has 6 heteroatoms. The third-order valence-corrected chi connectivity index (χ3v) is 5.72. The van der Waals surface area contributed by atoms with Crippen LogP contribution in [0.15, 0.2) is 36.4 Å². The number of likely N-dealkylation sites (N-methyl/N-ethyl adjacent to an activating group) is 1. The van der Waals surface area contributed by atoms with Gasteiger partial charge in [0.15, 0.2) is 0 Å². The minimum atomic E-state index is -0.451. The van der Waals surface area contributed by atoms with Gasteiger partial charge in [-0.1, -0.05) is 24.3 Å². The third-order valence-electron chi connectivity index (χ3n) is 5.72. The summed E-state index contributed by atoms with van der Waals surface area (Å²) in [5, 5.41) is 1.00. The molecule has 0 spiro atoms. The summed E-state index contributed by atoms with van der Waals surface area (Å²) in [5.41, 5.74) is 1.20. The molecule has 0 unspecified atom stereocenters. The van der Waals surface area contributed by atoms with Gasteiger partial charge in [0.25, 0.3) is 5.91 Å². The van der Waals surface area contributed by atoms with Crippen LogP contribution in [-0.2, 0) is 4.79 Å². The van der Waals surface area contributed by atoms with E-state index in [9.17, 15) is 9.59 Å². The van der Waals surface area contributed by atoms with Gasteiger partial charge in [-0.15, -0.1) is 0 Å². The van der Waals surface area contributed by atoms with E-state index in [4.69, 9.17) is 0 Å². The van der Waals surface area contributed by atoms with E-state index in [-0.39, 0.29) is 17.9 Å². The third kappa shape index (κ3) is 2.74. The van der Waals surface area contributed by atoms with Crippen molar-refractivity contribution in [2.75, 3.05) is 27.2 Å². The molecule has 1 aromatic heterocycles. The summed E-state index contributed by atoms with van der Waals surface area (Å²) in [6.07, 6.45) is 0.903. The zero-order chi connectivity index (χ0) is 18.4. The van der Waals surface area contributed by atoms with E-state index < -0.39 is 6.04 Å². The van der Waals surface area contributed by atoms with Crippen LogP contribution in [0.4, 0.5) is 0 Å². The summed E-state index contributed by atoms with van der Waals surface area (Å²) in [6.45, 7) is 3.14. The molecule has 0 saturated carbocycles. The lowest BCUT2D eigenvalue weighted by Gasteiger charge is -2.41. The number of nitrogens with zero attached hydrogens (tertiary/aromatic N) is 4. The lowest BCUT2D eigenvalue weighted by Crippen LogP contribution is -2.60. The van der Waals surface area contributed by atoms with Crippen molar-refractivity contribution in [2.45, 2.75) is 31.5 Å². The maximum Gasteiger partial charge on any atom is 0.273 e. The van der Waals surface area contributed by atoms with Gasteiger partial charge in [0.1, 0.15) is 11.7 Å². The van der Waals surface area contributed by atoms with Crippen molar-refractivity contribution in [3.05, 3.63) is 42.1 Å². The first-order valence-electron chi connectivity index (χ1n) is 9.09. The van der Waals surface area contributed by atoms with E-state index in [1.54, 1.807) is 11.0 Å². The number of rotatable bonds is 2. The predicted molar refractivity (Wildman–Crippen MR) is 99.8 cm³/mol. The maximum absolute atomic E-state index is 13.1. The summed E-state index contributed by atoms with van der Waals surface area (Å²) in [5.74, 6) is -0.121. The molecule has 136 valence electrons. The summed E-state index contributed by atoms with van der Waals surface area (Å²) in [6, 6.07) is 11.4. The standard InChI is InChI=1S/C20H24N4O2/c1-13-19(25)24-11-15(22(2)3)10-16(24)12-23(13)20(26)18-9-8-14-6-4-5-7-17(14)21-18/h4-9,13,15-16H,10-12H2,1-3H3/t13-,15-,16-/m0/s1. The highest BCUT2D eigenvalue weighted by Gasteiger charge is 2.45. The molecule has 2 fully saturated rings. The van der Waals surface area contributed by atoms with E-state index in [2.05, 4.69) is 9.88 Å². The summed E-state index contributed by atoms with van der Waals surface area (Å²) in [7, 11) is 4.08. The zero-order valence-corrected chi connectivity index (χ0v) is 15.4. The molecule has 3 atom stereocenters. The molecule has 0 aliphatic carbocycles.